The molecule has 0 aliphatic carbocycles. The van der Waals surface area contributed by atoms with Gasteiger partial charge in [0.2, 0.25) is 15.9 Å². The van der Waals surface area contributed by atoms with E-state index >= 15 is 0 Å². The molecule has 2 rings (SSSR count). The number of rotatable bonds is 3. The molecule has 1 aliphatic heterocycles. The van der Waals surface area contributed by atoms with Crippen molar-refractivity contribution in [3.05, 3.63) is 30.1 Å². The summed E-state index contributed by atoms with van der Waals surface area (Å²) in [6, 6.07) is 4.81. The molecule has 1 aliphatic rings. The van der Waals surface area contributed by atoms with Crippen molar-refractivity contribution >= 4 is 21.6 Å². The fourth-order valence-electron chi connectivity index (χ4n) is 2.36. The van der Waals surface area contributed by atoms with Crippen molar-refractivity contribution in [3.63, 3.8) is 0 Å². The van der Waals surface area contributed by atoms with Crippen LogP contribution >= 0.6 is 0 Å². The Morgan fingerprint density at radius 1 is 1.40 bits per heavy atom. The molecule has 1 heterocycles. The Balaban J connectivity index is 2.14. The molecule has 1 saturated heterocycles. The van der Waals surface area contributed by atoms with Crippen molar-refractivity contribution in [1.82, 2.24) is 4.31 Å². The van der Waals surface area contributed by atoms with E-state index in [1.807, 2.05) is 0 Å². The van der Waals surface area contributed by atoms with E-state index in [0.29, 0.717) is 18.7 Å². The molecule has 20 heavy (non-hydrogen) atoms. The van der Waals surface area contributed by atoms with Crippen LogP contribution in [0.4, 0.5) is 10.1 Å². The monoisotopic (exact) mass is 300 g/mol. The van der Waals surface area contributed by atoms with E-state index in [4.69, 9.17) is 0 Å². The number of hydrogen-bond acceptors (Lipinski definition) is 3. The van der Waals surface area contributed by atoms with Gasteiger partial charge >= 0.3 is 0 Å². The van der Waals surface area contributed by atoms with Crippen LogP contribution in [0.3, 0.4) is 0 Å². The van der Waals surface area contributed by atoms with Crippen LogP contribution in [0.15, 0.2) is 24.3 Å². The molecule has 5 nitrogen and oxygen atoms in total. The molecule has 0 spiro atoms. The molecule has 1 amide bonds. The summed E-state index contributed by atoms with van der Waals surface area (Å²) in [6.45, 7) is 0.347. The molecule has 1 fully saturated rings. The van der Waals surface area contributed by atoms with Crippen LogP contribution in [-0.4, -0.2) is 37.5 Å². The summed E-state index contributed by atoms with van der Waals surface area (Å²) in [5.74, 6) is -0.868. The van der Waals surface area contributed by atoms with Gasteiger partial charge in [-0.1, -0.05) is 12.5 Å². The predicted octanol–water partition coefficient (Wildman–Crippen LogP) is 1.58. The number of nitrogens with one attached hydrogen (secondary N) is 1. The first-order valence-corrected chi connectivity index (χ1v) is 8.26. The quantitative estimate of drug-likeness (QED) is 0.921. The molecule has 7 heteroatoms. The zero-order valence-electron chi connectivity index (χ0n) is 11.2. The Morgan fingerprint density at radius 2 is 2.15 bits per heavy atom. The highest BCUT2D eigenvalue weighted by Gasteiger charge is 2.34. The molecule has 0 aromatic heterocycles. The first-order chi connectivity index (χ1) is 9.38. The number of hydrogen-bond donors (Lipinski definition) is 1. The fourth-order valence-corrected chi connectivity index (χ4v) is 3.48. The van der Waals surface area contributed by atoms with Crippen molar-refractivity contribution in [1.29, 1.82) is 0 Å². The van der Waals surface area contributed by atoms with E-state index in [2.05, 4.69) is 5.32 Å². The fraction of sp³-hybridized carbons (Fsp3) is 0.462. The van der Waals surface area contributed by atoms with Crippen LogP contribution in [0.1, 0.15) is 19.3 Å². The maximum Gasteiger partial charge on any atom is 0.242 e. The third-order valence-electron chi connectivity index (χ3n) is 3.27. The summed E-state index contributed by atoms with van der Waals surface area (Å²) < 4.78 is 37.7. The summed E-state index contributed by atoms with van der Waals surface area (Å²) in [4.78, 5) is 12.2. The van der Waals surface area contributed by atoms with Crippen molar-refractivity contribution in [3.8, 4) is 0 Å². The highest BCUT2D eigenvalue weighted by molar-refractivity contribution is 7.88. The maximum absolute atomic E-state index is 13.1. The summed E-state index contributed by atoms with van der Waals surface area (Å²) in [7, 11) is -3.42. The molecular weight excluding hydrogens is 283 g/mol. The van der Waals surface area contributed by atoms with Crippen LogP contribution in [0.5, 0.6) is 0 Å². The predicted molar refractivity (Wildman–Crippen MR) is 74.2 cm³/mol. The zero-order chi connectivity index (χ0) is 14.8. The first-order valence-electron chi connectivity index (χ1n) is 6.41. The van der Waals surface area contributed by atoms with Gasteiger partial charge in [0.05, 0.1) is 6.26 Å². The second-order valence-corrected chi connectivity index (χ2v) is 6.82. The van der Waals surface area contributed by atoms with Gasteiger partial charge in [0, 0.05) is 12.2 Å². The standard InChI is InChI=1S/C13H17FN2O3S/c1-20(18,19)16-8-3-2-7-12(16)13(17)15-11-6-4-5-10(14)9-11/h4-6,9,12H,2-3,7-8H2,1H3,(H,15,17). The molecule has 0 saturated carbocycles. The Morgan fingerprint density at radius 3 is 2.80 bits per heavy atom. The number of anilines is 1. The largest absolute Gasteiger partial charge is 0.325 e. The minimum Gasteiger partial charge on any atom is -0.325 e. The number of halogens is 1. The minimum atomic E-state index is -3.42. The molecule has 1 aromatic rings. The van der Waals surface area contributed by atoms with Crippen LogP contribution < -0.4 is 5.32 Å². The lowest BCUT2D eigenvalue weighted by Crippen LogP contribution is -2.49. The molecule has 1 unspecified atom stereocenters. The van der Waals surface area contributed by atoms with E-state index in [-0.39, 0.29) is 0 Å². The Hall–Kier alpha value is -1.47. The van der Waals surface area contributed by atoms with Gasteiger partial charge in [-0.3, -0.25) is 4.79 Å². The molecule has 0 radical (unpaired) electrons. The summed E-state index contributed by atoms with van der Waals surface area (Å²) >= 11 is 0. The van der Waals surface area contributed by atoms with Crippen LogP contribution in [-0.2, 0) is 14.8 Å². The summed E-state index contributed by atoms with van der Waals surface area (Å²) in [5, 5.41) is 2.57. The SMILES string of the molecule is CS(=O)(=O)N1CCCCC1C(=O)Nc1cccc(F)c1. The number of sulfonamides is 1. The van der Waals surface area contributed by atoms with Gasteiger partial charge in [0.1, 0.15) is 11.9 Å². The lowest BCUT2D eigenvalue weighted by atomic mass is 10.0. The minimum absolute atomic E-state index is 0.328. The molecule has 1 N–H and O–H groups in total. The number of benzene rings is 1. The van der Waals surface area contributed by atoms with E-state index in [1.165, 1.54) is 22.5 Å². The molecule has 110 valence electrons. The Labute approximate surface area is 117 Å². The number of piperidine rings is 1. The highest BCUT2D eigenvalue weighted by atomic mass is 32.2. The molecule has 1 aromatic carbocycles. The lowest BCUT2D eigenvalue weighted by molar-refractivity contribution is -0.120. The number of amides is 1. The smallest absolute Gasteiger partial charge is 0.242 e. The maximum atomic E-state index is 13.1. The Kier molecular flexibility index (Phi) is 4.39. The zero-order valence-corrected chi connectivity index (χ0v) is 12.0. The van der Waals surface area contributed by atoms with Crippen molar-refractivity contribution < 1.29 is 17.6 Å². The van der Waals surface area contributed by atoms with E-state index in [0.717, 1.165) is 19.1 Å². The van der Waals surface area contributed by atoms with Crippen molar-refractivity contribution in [2.45, 2.75) is 25.3 Å². The number of carbonyl (C=O) groups is 1. The average molecular weight is 300 g/mol. The molecule has 0 bridgehead atoms. The van der Waals surface area contributed by atoms with Crippen LogP contribution in [0.25, 0.3) is 0 Å². The van der Waals surface area contributed by atoms with Crippen molar-refractivity contribution in [2.75, 3.05) is 18.1 Å². The molecular formula is C13H17FN2O3S. The van der Waals surface area contributed by atoms with Gasteiger partial charge in [-0.2, -0.15) is 4.31 Å². The lowest BCUT2D eigenvalue weighted by Gasteiger charge is -2.32. The second kappa shape index (κ2) is 5.88. The number of carbonyl (C=O) groups excluding carboxylic acids is 1. The van der Waals surface area contributed by atoms with Crippen molar-refractivity contribution in [2.24, 2.45) is 0 Å². The van der Waals surface area contributed by atoms with E-state index in [9.17, 15) is 17.6 Å². The van der Waals surface area contributed by atoms with Gasteiger partial charge < -0.3 is 5.32 Å². The third-order valence-corrected chi connectivity index (χ3v) is 4.56. The van der Waals surface area contributed by atoms with Gasteiger partial charge in [0.15, 0.2) is 0 Å². The normalized spacial score (nSPS) is 20.6. The summed E-state index contributed by atoms with van der Waals surface area (Å²) in [5.41, 5.74) is 0.328. The van der Waals surface area contributed by atoms with Crippen LogP contribution in [0, 0.1) is 5.82 Å². The van der Waals surface area contributed by atoms with Gasteiger partial charge in [-0.25, -0.2) is 12.8 Å². The number of nitrogens with zero attached hydrogens (tertiary/aromatic N) is 1. The van der Waals surface area contributed by atoms with Gasteiger partial charge in [-0.05, 0) is 31.0 Å². The van der Waals surface area contributed by atoms with Crippen LogP contribution in [0.2, 0.25) is 0 Å². The third kappa shape index (κ3) is 3.55. The first kappa shape index (κ1) is 14.9. The Bertz CT molecular complexity index is 603. The topological polar surface area (TPSA) is 66.5 Å². The van der Waals surface area contributed by atoms with Gasteiger partial charge in [0.25, 0.3) is 0 Å². The highest BCUT2D eigenvalue weighted by Crippen LogP contribution is 2.21. The summed E-state index contributed by atoms with van der Waals surface area (Å²) in [6.07, 6.45) is 3.12. The van der Waals surface area contributed by atoms with E-state index < -0.39 is 27.8 Å². The molecule has 1 atom stereocenters. The van der Waals surface area contributed by atoms with E-state index in [1.54, 1.807) is 6.07 Å². The second-order valence-electron chi connectivity index (χ2n) is 4.88. The average Bonchev–Trinajstić information content (AvgIpc) is 2.37. The van der Waals surface area contributed by atoms with Gasteiger partial charge in [-0.15, -0.1) is 0 Å².